The summed E-state index contributed by atoms with van der Waals surface area (Å²) in [6, 6.07) is 1.38. The Morgan fingerprint density at radius 1 is 0.885 bits per heavy atom. The largest absolute Gasteiger partial charge is 0.115 e. The standard InChI is InChI=1S/C25H40Si/c1-10-12-16-26(9,24-15-13-14-23(24)17(3)11-2)25-21(7)19(5)18(4)20(6)22(25)8/h14-15,17H,10-13,16H2,1-9H3. The molecule has 1 aliphatic carbocycles. The van der Waals surface area contributed by atoms with E-state index in [0.29, 0.717) is 5.92 Å². The summed E-state index contributed by atoms with van der Waals surface area (Å²) >= 11 is 0. The highest BCUT2D eigenvalue weighted by atomic mass is 28.3. The fraction of sp³-hybridized carbons (Fsp3) is 0.600. The Labute approximate surface area is 163 Å². The summed E-state index contributed by atoms with van der Waals surface area (Å²) in [7, 11) is -1.74. The Bertz CT molecular complexity index is 706. The van der Waals surface area contributed by atoms with Gasteiger partial charge in [-0.1, -0.05) is 57.5 Å². The van der Waals surface area contributed by atoms with Gasteiger partial charge in [0.1, 0.15) is 8.07 Å². The van der Waals surface area contributed by atoms with Crippen LogP contribution in [0.3, 0.4) is 0 Å². The summed E-state index contributed by atoms with van der Waals surface area (Å²) in [4.78, 5) is 0. The first-order valence-corrected chi connectivity index (χ1v) is 13.4. The highest BCUT2D eigenvalue weighted by Gasteiger charge is 2.39. The first-order chi connectivity index (χ1) is 12.2. The van der Waals surface area contributed by atoms with Gasteiger partial charge in [0.2, 0.25) is 0 Å². The Morgan fingerprint density at radius 2 is 1.42 bits per heavy atom. The van der Waals surface area contributed by atoms with Crippen LogP contribution in [0.15, 0.2) is 22.9 Å². The van der Waals surface area contributed by atoms with Crippen molar-refractivity contribution in [3.05, 3.63) is 50.7 Å². The zero-order valence-corrected chi connectivity index (χ0v) is 19.8. The average molecular weight is 369 g/mol. The van der Waals surface area contributed by atoms with E-state index in [9.17, 15) is 0 Å². The first-order valence-electron chi connectivity index (χ1n) is 10.7. The fourth-order valence-corrected chi connectivity index (χ4v) is 10.4. The lowest BCUT2D eigenvalue weighted by molar-refractivity contribution is 0.667. The summed E-state index contributed by atoms with van der Waals surface area (Å²) in [5.74, 6) is 0.686. The van der Waals surface area contributed by atoms with E-state index in [4.69, 9.17) is 0 Å². The smallest absolute Gasteiger partial charge is 0.0808 e. The molecule has 0 fully saturated rings. The monoisotopic (exact) mass is 368 g/mol. The molecule has 0 saturated heterocycles. The minimum Gasteiger partial charge on any atom is -0.0808 e. The lowest BCUT2D eigenvalue weighted by Gasteiger charge is -2.37. The molecule has 2 unspecified atom stereocenters. The lowest BCUT2D eigenvalue weighted by atomic mass is 9.95. The van der Waals surface area contributed by atoms with Gasteiger partial charge in [-0.15, -0.1) is 0 Å². The molecule has 0 aliphatic heterocycles. The maximum Gasteiger partial charge on any atom is 0.115 e. The molecule has 0 bridgehead atoms. The highest BCUT2D eigenvalue weighted by Crippen LogP contribution is 2.39. The third kappa shape index (κ3) is 3.52. The Kier molecular flexibility index (Phi) is 6.77. The van der Waals surface area contributed by atoms with Gasteiger partial charge < -0.3 is 0 Å². The summed E-state index contributed by atoms with van der Waals surface area (Å²) < 4.78 is 0. The van der Waals surface area contributed by atoms with Crippen LogP contribution in [-0.4, -0.2) is 8.07 Å². The minimum atomic E-state index is -1.74. The van der Waals surface area contributed by atoms with Crippen LogP contribution in [0, 0.1) is 40.5 Å². The van der Waals surface area contributed by atoms with Crippen LogP contribution in [0.4, 0.5) is 0 Å². The molecule has 0 heterocycles. The molecule has 0 saturated carbocycles. The number of hydrogen-bond donors (Lipinski definition) is 0. The minimum absolute atomic E-state index is 0.686. The zero-order valence-electron chi connectivity index (χ0n) is 18.8. The van der Waals surface area contributed by atoms with E-state index >= 15 is 0 Å². The van der Waals surface area contributed by atoms with E-state index in [1.54, 1.807) is 27.1 Å². The topological polar surface area (TPSA) is 0 Å². The molecule has 1 aliphatic rings. The summed E-state index contributed by atoms with van der Waals surface area (Å²) in [6.07, 6.45) is 10.1. The van der Waals surface area contributed by atoms with Crippen LogP contribution in [0.1, 0.15) is 74.3 Å². The van der Waals surface area contributed by atoms with Gasteiger partial charge in [0, 0.05) is 0 Å². The van der Waals surface area contributed by atoms with Gasteiger partial charge in [-0.3, -0.25) is 0 Å². The van der Waals surface area contributed by atoms with Crippen molar-refractivity contribution in [1.29, 1.82) is 0 Å². The van der Waals surface area contributed by atoms with Gasteiger partial charge in [-0.2, -0.15) is 0 Å². The highest BCUT2D eigenvalue weighted by molar-refractivity contribution is 6.98. The molecule has 2 rings (SSSR count). The van der Waals surface area contributed by atoms with E-state index < -0.39 is 8.07 Å². The SMILES string of the molecule is CCCC[Si](C)(C1=CCC=C1C(C)CC)c1c(C)c(C)c(C)c(C)c1C. The van der Waals surface area contributed by atoms with Crippen molar-refractivity contribution in [2.75, 3.05) is 0 Å². The van der Waals surface area contributed by atoms with Crippen molar-refractivity contribution in [1.82, 2.24) is 0 Å². The second-order valence-corrected chi connectivity index (χ2v) is 13.0. The summed E-state index contributed by atoms with van der Waals surface area (Å²) in [5, 5.41) is 3.50. The Morgan fingerprint density at radius 3 is 1.92 bits per heavy atom. The normalized spacial score (nSPS) is 17.7. The van der Waals surface area contributed by atoms with Gasteiger partial charge in [0.25, 0.3) is 0 Å². The molecule has 0 radical (unpaired) electrons. The number of allylic oxidation sites excluding steroid dienone is 4. The van der Waals surface area contributed by atoms with Crippen LogP contribution >= 0.6 is 0 Å². The summed E-state index contributed by atoms with van der Waals surface area (Å²) in [5.41, 5.74) is 9.36. The molecule has 0 amide bonds. The molecule has 0 nitrogen and oxygen atoms in total. The predicted octanol–water partition coefficient (Wildman–Crippen LogP) is 7.16. The van der Waals surface area contributed by atoms with Crippen molar-refractivity contribution in [3.63, 3.8) is 0 Å². The zero-order chi connectivity index (χ0) is 19.6. The van der Waals surface area contributed by atoms with E-state index in [1.807, 2.05) is 0 Å². The van der Waals surface area contributed by atoms with Crippen LogP contribution in [-0.2, 0) is 0 Å². The number of hydrogen-bond acceptors (Lipinski definition) is 0. The first kappa shape index (κ1) is 21.2. The number of benzene rings is 1. The third-order valence-corrected chi connectivity index (χ3v) is 12.2. The molecule has 0 N–H and O–H groups in total. The van der Waals surface area contributed by atoms with Crippen LogP contribution < -0.4 is 5.19 Å². The number of rotatable bonds is 7. The molecule has 1 heteroatoms. The Balaban J connectivity index is 2.72. The fourth-order valence-electron chi connectivity index (χ4n) is 5.01. The van der Waals surface area contributed by atoms with Crippen LogP contribution in [0.25, 0.3) is 0 Å². The summed E-state index contributed by atoms with van der Waals surface area (Å²) in [6.45, 7) is 21.5. The van der Waals surface area contributed by atoms with Crippen molar-refractivity contribution in [2.24, 2.45) is 5.92 Å². The van der Waals surface area contributed by atoms with Crippen molar-refractivity contribution >= 4 is 13.3 Å². The predicted molar refractivity (Wildman–Crippen MR) is 121 cm³/mol. The van der Waals surface area contributed by atoms with E-state index in [2.05, 4.69) is 74.1 Å². The lowest BCUT2D eigenvalue weighted by Crippen LogP contribution is -2.51. The Hall–Kier alpha value is -1.08. The van der Waals surface area contributed by atoms with E-state index in [-0.39, 0.29) is 0 Å². The average Bonchev–Trinajstić information content (AvgIpc) is 3.13. The molecule has 144 valence electrons. The third-order valence-electron chi connectivity index (χ3n) is 7.29. The molecule has 1 aromatic carbocycles. The number of unbranched alkanes of at least 4 members (excludes halogenated alkanes) is 1. The van der Waals surface area contributed by atoms with Gasteiger partial charge in [-0.05, 0) is 98.0 Å². The second-order valence-electron chi connectivity index (χ2n) is 8.76. The molecule has 0 aromatic heterocycles. The molecular formula is C25H40Si. The molecule has 2 atom stereocenters. The van der Waals surface area contributed by atoms with Gasteiger partial charge in [0.05, 0.1) is 0 Å². The quantitative estimate of drug-likeness (QED) is 0.448. The molecule has 26 heavy (non-hydrogen) atoms. The van der Waals surface area contributed by atoms with Gasteiger partial charge in [0.15, 0.2) is 0 Å². The van der Waals surface area contributed by atoms with Crippen LogP contribution in [0.5, 0.6) is 0 Å². The van der Waals surface area contributed by atoms with Crippen molar-refractivity contribution in [3.8, 4) is 0 Å². The second kappa shape index (κ2) is 8.29. The molecule has 1 aromatic rings. The molecule has 0 spiro atoms. The van der Waals surface area contributed by atoms with E-state index in [1.165, 1.54) is 42.0 Å². The van der Waals surface area contributed by atoms with Crippen LogP contribution in [0.2, 0.25) is 12.6 Å². The van der Waals surface area contributed by atoms with Crippen molar-refractivity contribution in [2.45, 2.75) is 93.7 Å². The molecular weight excluding hydrogens is 328 g/mol. The van der Waals surface area contributed by atoms with Gasteiger partial charge >= 0.3 is 0 Å². The maximum atomic E-state index is 2.67. The maximum absolute atomic E-state index is 2.67. The van der Waals surface area contributed by atoms with Gasteiger partial charge in [-0.25, -0.2) is 0 Å². The van der Waals surface area contributed by atoms with Crippen molar-refractivity contribution < 1.29 is 0 Å². The van der Waals surface area contributed by atoms with E-state index in [0.717, 1.165) is 6.42 Å².